The average Bonchev–Trinajstić information content (AvgIpc) is 2.81. The molecule has 214 valence electrons. The number of ether oxygens (including phenoxy) is 2. The monoisotopic (exact) mass is 556 g/mol. The summed E-state index contributed by atoms with van der Waals surface area (Å²) in [5, 5.41) is 31.5. The zero-order valence-electron chi connectivity index (χ0n) is 21.1. The maximum atomic E-state index is 11.7. The first-order valence-electron chi connectivity index (χ1n) is 11.8. The molecule has 0 aromatic rings. The molecule has 1 amide bonds. The normalized spacial score (nSPS) is 18.8. The van der Waals surface area contributed by atoms with Crippen molar-refractivity contribution in [3.8, 4) is 0 Å². The van der Waals surface area contributed by atoms with Gasteiger partial charge in [0.1, 0.15) is 6.61 Å². The molecule has 1 aliphatic rings. The Morgan fingerprint density at radius 2 is 1.35 bits per heavy atom. The minimum absolute atomic E-state index is 0.0674. The second-order valence-electron chi connectivity index (χ2n) is 8.42. The third kappa shape index (κ3) is 17.2. The number of hydrogen-bond acceptors (Lipinski definition) is 12. The third-order valence-corrected chi connectivity index (χ3v) is 5.81. The summed E-state index contributed by atoms with van der Waals surface area (Å²) in [5.41, 5.74) is 0. The van der Waals surface area contributed by atoms with E-state index in [0.717, 1.165) is 0 Å². The number of aliphatic hydroxyl groups is 1. The summed E-state index contributed by atoms with van der Waals surface area (Å²) in [7, 11) is -1.34. The molecule has 0 spiro atoms. The van der Waals surface area contributed by atoms with Crippen LogP contribution < -0.4 is 5.32 Å². The van der Waals surface area contributed by atoms with E-state index in [1.807, 2.05) is 4.90 Å². The van der Waals surface area contributed by atoms with Gasteiger partial charge in [0.05, 0.1) is 25.8 Å². The smallest absolute Gasteiger partial charge is 0.480 e. The van der Waals surface area contributed by atoms with Gasteiger partial charge in [-0.3, -0.25) is 29.2 Å². The van der Waals surface area contributed by atoms with Crippen LogP contribution >= 0.6 is 8.25 Å². The lowest BCUT2D eigenvalue weighted by atomic mass is 10.3. The fraction of sp³-hybridized carbons (Fsp3) is 0.850. The van der Waals surface area contributed by atoms with Crippen molar-refractivity contribution in [3.63, 3.8) is 0 Å². The van der Waals surface area contributed by atoms with E-state index in [4.69, 9.17) is 18.9 Å². The summed E-state index contributed by atoms with van der Waals surface area (Å²) in [5.74, 6) is -2.02. The van der Waals surface area contributed by atoms with Crippen molar-refractivity contribution in [2.75, 3.05) is 106 Å². The van der Waals surface area contributed by atoms with E-state index in [-0.39, 0.29) is 46.1 Å². The molecule has 0 saturated carbocycles. The quantitative estimate of drug-likeness (QED) is 0.113. The highest BCUT2D eigenvalue weighted by atomic mass is 31.1. The van der Waals surface area contributed by atoms with Crippen LogP contribution in [0.25, 0.3) is 0 Å². The molecule has 1 fully saturated rings. The Kier molecular flexibility index (Phi) is 17.1. The van der Waals surface area contributed by atoms with Crippen LogP contribution in [-0.4, -0.2) is 170 Å². The molecule has 16 nitrogen and oxygen atoms in total. The average molecular weight is 557 g/mol. The van der Waals surface area contributed by atoms with E-state index in [1.165, 1.54) is 7.11 Å². The first kappa shape index (κ1) is 33.0. The second-order valence-corrected chi connectivity index (χ2v) is 9.15. The van der Waals surface area contributed by atoms with Gasteiger partial charge in [-0.05, 0) is 0 Å². The lowest BCUT2D eigenvalue weighted by Gasteiger charge is -2.33. The Morgan fingerprint density at radius 1 is 0.865 bits per heavy atom. The summed E-state index contributed by atoms with van der Waals surface area (Å²) in [6.45, 7) is 2.54. The number of alkyl carbamates (subject to hydrolysis) is 1. The molecule has 1 saturated heterocycles. The Labute approximate surface area is 216 Å². The predicted molar refractivity (Wildman–Crippen MR) is 129 cm³/mol. The van der Waals surface area contributed by atoms with Crippen LogP contribution in [0.15, 0.2) is 0 Å². The van der Waals surface area contributed by atoms with E-state index in [2.05, 4.69) is 5.32 Å². The molecule has 1 heterocycles. The van der Waals surface area contributed by atoms with Gasteiger partial charge < -0.3 is 30.1 Å². The fourth-order valence-electron chi connectivity index (χ4n) is 3.55. The minimum Gasteiger partial charge on any atom is -0.480 e. The van der Waals surface area contributed by atoms with Gasteiger partial charge in [0.25, 0.3) is 0 Å². The van der Waals surface area contributed by atoms with Crippen molar-refractivity contribution in [1.82, 2.24) is 24.9 Å². The van der Waals surface area contributed by atoms with Crippen molar-refractivity contribution < 1.29 is 53.2 Å². The molecule has 0 aromatic heterocycles. The molecule has 1 aliphatic heterocycles. The Hall–Kier alpha value is -2.01. The van der Waals surface area contributed by atoms with Crippen molar-refractivity contribution >= 4 is 26.3 Å². The number of rotatable bonds is 14. The molecule has 1 rings (SSSR count). The first-order valence-corrected chi connectivity index (χ1v) is 12.9. The predicted octanol–water partition coefficient (Wildman–Crippen LogP) is -2.27. The van der Waals surface area contributed by atoms with Gasteiger partial charge in [0.2, 0.25) is 0 Å². The topological polar surface area (TPSA) is 202 Å². The number of carbonyl (C=O) groups excluding carboxylic acids is 1. The maximum Gasteiger partial charge on any atom is 0.696 e. The van der Waals surface area contributed by atoms with Crippen LogP contribution in [-0.2, 0) is 28.2 Å². The molecule has 0 aliphatic carbocycles. The zero-order chi connectivity index (χ0) is 27.6. The Balaban J connectivity index is 2.83. The van der Waals surface area contributed by atoms with Gasteiger partial charge in [-0.15, -0.1) is 9.42 Å². The lowest BCUT2D eigenvalue weighted by molar-refractivity contribution is -0.139. The van der Waals surface area contributed by atoms with Crippen molar-refractivity contribution in [2.45, 2.75) is 6.10 Å². The first-order chi connectivity index (χ1) is 17.6. The van der Waals surface area contributed by atoms with Crippen LogP contribution in [0.1, 0.15) is 0 Å². The molecular formula is C20H39N5O11P+. The number of nitrogens with one attached hydrogen (secondary N) is 1. The van der Waals surface area contributed by atoms with Crippen LogP contribution in [0.4, 0.5) is 4.79 Å². The molecule has 0 radical (unpaired) electrons. The summed E-state index contributed by atoms with van der Waals surface area (Å²) < 4.78 is 25.5. The second kappa shape index (κ2) is 19.1. The van der Waals surface area contributed by atoms with Crippen LogP contribution in [0.2, 0.25) is 0 Å². The number of hydrogen-bond donors (Lipinski definition) is 5. The molecule has 2 unspecified atom stereocenters. The lowest BCUT2D eigenvalue weighted by Crippen LogP contribution is -2.49. The number of amides is 1. The van der Waals surface area contributed by atoms with E-state index in [9.17, 15) is 34.3 Å². The summed E-state index contributed by atoms with van der Waals surface area (Å²) >= 11 is 0. The van der Waals surface area contributed by atoms with Crippen molar-refractivity contribution in [3.05, 3.63) is 0 Å². The standard InChI is InChI=1S/C20H38N5O11P/c1-34-10-11-35-20(31)21-12-17(26)13-22-2-4-23(14-18(27)28)6-8-25(16-36-37(32)33)9-7-24(5-3-22)15-19(29)30/h17,26H,2-16H2,1H3,(H3-,21,27,28,29,30,31,32,33)/p+1. The number of nitrogens with zero attached hydrogens (tertiary/aromatic N) is 4. The fourth-order valence-corrected chi connectivity index (χ4v) is 3.81. The van der Waals surface area contributed by atoms with Crippen molar-refractivity contribution in [1.29, 1.82) is 0 Å². The molecular weight excluding hydrogens is 517 g/mol. The largest absolute Gasteiger partial charge is 0.696 e. The number of aliphatic carboxylic acids is 2. The molecule has 0 aromatic carbocycles. The van der Waals surface area contributed by atoms with Gasteiger partial charge in [0, 0.05) is 77.1 Å². The number of carboxylic acids is 2. The molecule has 0 bridgehead atoms. The zero-order valence-corrected chi connectivity index (χ0v) is 22.0. The van der Waals surface area contributed by atoms with E-state index < -0.39 is 32.4 Å². The number of methoxy groups -OCH3 is 1. The Bertz CT molecular complexity index is 688. The van der Waals surface area contributed by atoms with Gasteiger partial charge in [-0.1, -0.05) is 0 Å². The number of aliphatic hydroxyl groups excluding tert-OH is 1. The minimum atomic E-state index is -2.82. The third-order valence-electron chi connectivity index (χ3n) is 5.47. The van der Waals surface area contributed by atoms with E-state index in [1.54, 1.807) is 14.7 Å². The van der Waals surface area contributed by atoms with Crippen LogP contribution in [0, 0.1) is 0 Å². The summed E-state index contributed by atoms with van der Waals surface area (Å²) in [6, 6.07) is 0. The highest BCUT2D eigenvalue weighted by Crippen LogP contribution is 2.14. The maximum absolute atomic E-state index is 11.7. The van der Waals surface area contributed by atoms with Gasteiger partial charge in [0.15, 0.2) is 6.73 Å². The van der Waals surface area contributed by atoms with Crippen LogP contribution in [0.3, 0.4) is 0 Å². The molecule has 2 atom stereocenters. The van der Waals surface area contributed by atoms with E-state index in [0.29, 0.717) is 52.4 Å². The summed E-state index contributed by atoms with van der Waals surface area (Å²) in [6.07, 6.45) is -1.64. The van der Waals surface area contributed by atoms with Crippen molar-refractivity contribution in [2.24, 2.45) is 0 Å². The SMILES string of the molecule is COCCOC(=O)NCC(O)CN1CCN(CC(=O)O)CCN(CO[P+](=O)O)CCN(CC(=O)O)CC1. The number of β-amino-alcohol motifs (C(OH)–C–C–N with tert-alkyl or cyclic N) is 1. The summed E-state index contributed by atoms with van der Waals surface area (Å²) in [4.78, 5) is 50.4. The van der Waals surface area contributed by atoms with Gasteiger partial charge in [-0.2, -0.15) is 0 Å². The van der Waals surface area contributed by atoms with Gasteiger partial charge >= 0.3 is 26.3 Å². The highest BCUT2D eigenvalue weighted by Gasteiger charge is 2.22. The van der Waals surface area contributed by atoms with Gasteiger partial charge in [-0.25, -0.2) is 4.79 Å². The highest BCUT2D eigenvalue weighted by molar-refractivity contribution is 7.32. The number of carboxylic acid groups (broad SMARTS) is 2. The van der Waals surface area contributed by atoms with Crippen LogP contribution in [0.5, 0.6) is 0 Å². The van der Waals surface area contributed by atoms with E-state index >= 15 is 0 Å². The molecule has 17 heteroatoms. The Morgan fingerprint density at radius 3 is 1.81 bits per heavy atom. The number of carbonyl (C=O) groups is 3. The molecule has 37 heavy (non-hydrogen) atoms. The molecule has 5 N–H and O–H groups in total.